The molecule has 0 bridgehead atoms. The second-order valence-electron chi connectivity index (χ2n) is 5.68. The predicted octanol–water partition coefficient (Wildman–Crippen LogP) is 3.46. The Hall–Kier alpha value is -1.53. The molecule has 0 aliphatic heterocycles. The molecule has 2 aromatic heterocycles. The van der Waals surface area contributed by atoms with Gasteiger partial charge in [-0.3, -0.25) is 0 Å². The van der Waals surface area contributed by atoms with Crippen LogP contribution < -0.4 is 0 Å². The van der Waals surface area contributed by atoms with E-state index in [0.717, 1.165) is 24.2 Å². The van der Waals surface area contributed by atoms with Crippen LogP contribution in [-0.2, 0) is 6.42 Å². The van der Waals surface area contributed by atoms with Crippen molar-refractivity contribution in [3.8, 4) is 11.5 Å². The van der Waals surface area contributed by atoms with Gasteiger partial charge in [0.2, 0.25) is 0 Å². The molecule has 0 atom stereocenters. The van der Waals surface area contributed by atoms with E-state index in [-0.39, 0.29) is 0 Å². The van der Waals surface area contributed by atoms with Crippen molar-refractivity contribution in [2.24, 2.45) is 0 Å². The fraction of sp³-hybridized carbons (Fsp3) is 0.400. The van der Waals surface area contributed by atoms with Gasteiger partial charge in [0.15, 0.2) is 0 Å². The highest BCUT2D eigenvalue weighted by Gasteiger charge is 2.07. The molecule has 2 heterocycles. The Morgan fingerprint density at radius 1 is 1.28 bits per heavy atom. The minimum absolute atomic E-state index is 0.910. The number of aryl methyl sites for hydroxylation is 2. The van der Waals surface area contributed by atoms with Crippen LogP contribution in [0.1, 0.15) is 17.8 Å². The predicted molar refractivity (Wildman–Crippen MR) is 79.4 cm³/mol. The van der Waals surface area contributed by atoms with Gasteiger partial charge in [0.25, 0.3) is 0 Å². The van der Waals surface area contributed by atoms with E-state index in [4.69, 9.17) is 0 Å². The molecule has 0 aliphatic carbocycles. The molecule has 0 radical (unpaired) electrons. The number of nitrogens with zero attached hydrogens (tertiary/aromatic N) is 2. The lowest BCUT2D eigenvalue weighted by atomic mass is 10.2. The van der Waals surface area contributed by atoms with E-state index in [9.17, 15) is 0 Å². The summed E-state index contributed by atoms with van der Waals surface area (Å²) in [4.78, 5) is 4.61. The summed E-state index contributed by atoms with van der Waals surface area (Å²) < 4.78 is 2.14. The largest absolute Gasteiger partial charge is 0.304 e. The standard InChI is InChI=1S/C15H20N2Si/c1-13-8-7-10-15-16-14(12-17(13)15)9-5-6-11-18(2,3)4/h7-8,10,12H,5,9H2,1-4H3. The maximum Gasteiger partial charge on any atom is 0.137 e. The molecule has 0 aromatic carbocycles. The van der Waals surface area contributed by atoms with Gasteiger partial charge >= 0.3 is 0 Å². The molecule has 0 saturated carbocycles. The second-order valence-corrected chi connectivity index (χ2v) is 10.4. The molecule has 0 saturated heterocycles. The van der Waals surface area contributed by atoms with E-state index >= 15 is 0 Å². The van der Waals surface area contributed by atoms with Crippen LogP contribution >= 0.6 is 0 Å². The summed E-state index contributed by atoms with van der Waals surface area (Å²) in [6.07, 6.45) is 3.98. The number of imidazole rings is 1. The molecule has 94 valence electrons. The number of hydrogen-bond acceptors (Lipinski definition) is 1. The number of aromatic nitrogens is 2. The smallest absolute Gasteiger partial charge is 0.137 e. The fourth-order valence-corrected chi connectivity index (χ4v) is 2.49. The van der Waals surface area contributed by atoms with E-state index in [0.29, 0.717) is 0 Å². The van der Waals surface area contributed by atoms with Crippen LogP contribution in [-0.4, -0.2) is 17.5 Å². The topological polar surface area (TPSA) is 17.3 Å². The average Bonchev–Trinajstić information content (AvgIpc) is 2.68. The minimum Gasteiger partial charge on any atom is -0.304 e. The third-order valence-electron chi connectivity index (χ3n) is 2.72. The lowest BCUT2D eigenvalue weighted by molar-refractivity contribution is 0.980. The van der Waals surface area contributed by atoms with Crippen LogP contribution in [0.4, 0.5) is 0 Å². The van der Waals surface area contributed by atoms with Gasteiger partial charge in [-0.05, 0) is 19.1 Å². The van der Waals surface area contributed by atoms with Gasteiger partial charge in [0, 0.05) is 24.7 Å². The van der Waals surface area contributed by atoms with Crippen LogP contribution in [0.15, 0.2) is 24.4 Å². The first kappa shape index (κ1) is 12.9. The number of fused-ring (bicyclic) bond motifs is 1. The third-order valence-corrected chi connectivity index (χ3v) is 3.64. The number of hydrogen-bond donors (Lipinski definition) is 0. The van der Waals surface area contributed by atoms with Gasteiger partial charge in [-0.15, -0.1) is 11.5 Å². The van der Waals surface area contributed by atoms with Crippen molar-refractivity contribution in [2.45, 2.75) is 39.4 Å². The van der Waals surface area contributed by atoms with Crippen molar-refractivity contribution >= 4 is 13.7 Å². The first-order valence-corrected chi connectivity index (χ1v) is 9.89. The Morgan fingerprint density at radius 3 is 2.72 bits per heavy atom. The maximum atomic E-state index is 4.61. The molecule has 2 aromatic rings. The van der Waals surface area contributed by atoms with Crippen molar-refractivity contribution in [2.75, 3.05) is 0 Å². The van der Waals surface area contributed by atoms with E-state index in [1.807, 2.05) is 12.1 Å². The summed E-state index contributed by atoms with van der Waals surface area (Å²) in [5.74, 6) is 3.30. The van der Waals surface area contributed by atoms with Crippen molar-refractivity contribution < 1.29 is 0 Å². The van der Waals surface area contributed by atoms with Crippen molar-refractivity contribution in [3.05, 3.63) is 35.8 Å². The first-order chi connectivity index (χ1) is 8.46. The van der Waals surface area contributed by atoms with Gasteiger partial charge in [0.05, 0.1) is 5.69 Å². The van der Waals surface area contributed by atoms with E-state index in [1.165, 1.54) is 5.69 Å². The van der Waals surface area contributed by atoms with Gasteiger partial charge in [-0.1, -0.05) is 25.7 Å². The number of pyridine rings is 1. The molecular formula is C15H20N2Si. The average molecular weight is 256 g/mol. The minimum atomic E-state index is -1.22. The zero-order chi connectivity index (χ0) is 13.2. The zero-order valence-electron chi connectivity index (χ0n) is 11.6. The van der Waals surface area contributed by atoms with Crippen LogP contribution in [0.3, 0.4) is 0 Å². The molecule has 0 spiro atoms. The fourth-order valence-electron chi connectivity index (χ4n) is 1.84. The molecule has 2 rings (SSSR count). The summed E-state index contributed by atoms with van der Waals surface area (Å²) in [6, 6.07) is 6.19. The highest BCUT2D eigenvalue weighted by molar-refractivity contribution is 6.83. The van der Waals surface area contributed by atoms with Crippen molar-refractivity contribution in [3.63, 3.8) is 0 Å². The third kappa shape index (κ3) is 3.24. The summed E-state index contributed by atoms with van der Waals surface area (Å²) in [6.45, 7) is 8.92. The Bertz CT molecular complexity index is 609. The van der Waals surface area contributed by atoms with Crippen LogP contribution in [0.5, 0.6) is 0 Å². The Labute approximate surface area is 110 Å². The molecule has 2 nitrogen and oxygen atoms in total. The van der Waals surface area contributed by atoms with Gasteiger partial charge < -0.3 is 4.40 Å². The van der Waals surface area contributed by atoms with Crippen molar-refractivity contribution in [1.82, 2.24) is 9.38 Å². The second kappa shape index (κ2) is 4.99. The Kier molecular flexibility index (Phi) is 3.58. The number of rotatable bonds is 2. The van der Waals surface area contributed by atoms with Gasteiger partial charge in [-0.2, -0.15) is 0 Å². The molecule has 0 N–H and O–H groups in total. The SMILES string of the molecule is Cc1cccc2nc(CCC#C[Si](C)(C)C)cn12. The Balaban J connectivity index is 2.08. The molecule has 0 aliphatic rings. The van der Waals surface area contributed by atoms with Gasteiger partial charge in [0.1, 0.15) is 13.7 Å². The lowest BCUT2D eigenvalue weighted by Gasteiger charge is -2.02. The highest BCUT2D eigenvalue weighted by Crippen LogP contribution is 2.09. The molecule has 0 unspecified atom stereocenters. The quantitative estimate of drug-likeness (QED) is 0.594. The molecular weight excluding hydrogens is 236 g/mol. The van der Waals surface area contributed by atoms with E-state index < -0.39 is 8.07 Å². The summed E-state index contributed by atoms with van der Waals surface area (Å²) in [5.41, 5.74) is 6.78. The van der Waals surface area contributed by atoms with Crippen molar-refractivity contribution in [1.29, 1.82) is 0 Å². The molecule has 3 heteroatoms. The summed E-state index contributed by atoms with van der Waals surface area (Å²) >= 11 is 0. The zero-order valence-corrected chi connectivity index (χ0v) is 12.6. The highest BCUT2D eigenvalue weighted by atomic mass is 28.3. The molecule has 0 amide bonds. The summed E-state index contributed by atoms with van der Waals surface area (Å²) in [5, 5.41) is 0. The molecule has 0 fully saturated rings. The first-order valence-electron chi connectivity index (χ1n) is 6.39. The van der Waals surface area contributed by atoms with Crippen LogP contribution in [0, 0.1) is 18.4 Å². The maximum absolute atomic E-state index is 4.61. The lowest BCUT2D eigenvalue weighted by Crippen LogP contribution is -2.16. The monoisotopic (exact) mass is 256 g/mol. The van der Waals surface area contributed by atoms with E-state index in [2.05, 4.69) is 59.7 Å². The van der Waals surface area contributed by atoms with Crippen LogP contribution in [0.25, 0.3) is 5.65 Å². The summed E-state index contributed by atoms with van der Waals surface area (Å²) in [7, 11) is -1.22. The van der Waals surface area contributed by atoms with E-state index in [1.54, 1.807) is 0 Å². The van der Waals surface area contributed by atoms with Gasteiger partial charge in [-0.25, -0.2) is 4.98 Å². The molecule has 18 heavy (non-hydrogen) atoms. The Morgan fingerprint density at radius 2 is 2.06 bits per heavy atom. The normalized spacial score (nSPS) is 11.3. The van der Waals surface area contributed by atoms with Crippen LogP contribution in [0.2, 0.25) is 19.6 Å².